The van der Waals surface area contributed by atoms with Crippen molar-refractivity contribution in [1.82, 2.24) is 0 Å². The van der Waals surface area contributed by atoms with Crippen molar-refractivity contribution >= 4 is 55.6 Å². The van der Waals surface area contributed by atoms with Gasteiger partial charge in [-0.1, -0.05) is 11.6 Å². The van der Waals surface area contributed by atoms with Crippen molar-refractivity contribution in [3.63, 3.8) is 0 Å². The van der Waals surface area contributed by atoms with Gasteiger partial charge in [0.05, 0.1) is 19.9 Å². The minimum absolute atomic E-state index is 0.669. The molecule has 74 valence electrons. The molecule has 0 spiro atoms. The number of fused-ring (bicyclic) bond motifs is 1. The zero-order valence-corrected chi connectivity index (χ0v) is 11.2. The number of hydrogen-bond acceptors (Lipinski definition) is 2. The molecular weight excluding hydrogens is 331 g/mol. The Morgan fingerprint density at radius 2 is 2.36 bits per heavy atom. The van der Waals surface area contributed by atoms with Crippen molar-refractivity contribution in [3.05, 3.63) is 26.1 Å². The lowest BCUT2D eigenvalue weighted by atomic mass is 10.2. The number of halogens is 2. The molecule has 0 atom stereocenters. The summed E-state index contributed by atoms with van der Waals surface area (Å²) in [7, 11) is 0. The highest BCUT2D eigenvalue weighted by Gasteiger charge is 2.10. The van der Waals surface area contributed by atoms with Crippen molar-refractivity contribution in [2.24, 2.45) is 0 Å². The van der Waals surface area contributed by atoms with Gasteiger partial charge in [0.1, 0.15) is 5.75 Å². The van der Waals surface area contributed by atoms with Crippen molar-refractivity contribution in [1.29, 1.82) is 0 Å². The average Bonchev–Trinajstić information content (AvgIpc) is 2.63. The van der Waals surface area contributed by atoms with Crippen LogP contribution in [-0.4, -0.2) is 6.61 Å². The molecule has 0 unspecified atom stereocenters. The van der Waals surface area contributed by atoms with Gasteiger partial charge in [-0.25, -0.2) is 0 Å². The Balaban J connectivity index is 2.68. The van der Waals surface area contributed by atoms with Gasteiger partial charge in [-0.15, -0.1) is 11.3 Å². The van der Waals surface area contributed by atoms with Gasteiger partial charge in [0.2, 0.25) is 0 Å². The van der Waals surface area contributed by atoms with E-state index in [4.69, 9.17) is 16.3 Å². The summed E-state index contributed by atoms with van der Waals surface area (Å²) in [6.07, 6.45) is 0. The second kappa shape index (κ2) is 4.24. The van der Waals surface area contributed by atoms with Gasteiger partial charge in [-0.05, 0) is 41.0 Å². The molecule has 1 heterocycles. The highest BCUT2D eigenvalue weighted by molar-refractivity contribution is 14.1. The third kappa shape index (κ3) is 1.73. The summed E-state index contributed by atoms with van der Waals surface area (Å²) in [6, 6.07) is 3.97. The number of hydrogen-bond donors (Lipinski definition) is 0. The fourth-order valence-corrected chi connectivity index (χ4v) is 3.39. The van der Waals surface area contributed by atoms with Crippen LogP contribution in [0.15, 0.2) is 17.5 Å². The molecule has 0 N–H and O–H groups in total. The first-order valence-corrected chi connectivity index (χ1v) is 6.55. The number of thiophene rings is 1. The second-order valence-electron chi connectivity index (χ2n) is 2.77. The van der Waals surface area contributed by atoms with Gasteiger partial charge >= 0.3 is 0 Å². The Morgan fingerprint density at radius 1 is 1.57 bits per heavy atom. The second-order valence-corrected chi connectivity index (χ2v) is 5.17. The van der Waals surface area contributed by atoms with E-state index < -0.39 is 0 Å². The molecule has 0 aliphatic carbocycles. The SMILES string of the molecule is CCOc1cc(Cl)c2sccc2c1I. The zero-order chi connectivity index (χ0) is 10.1. The van der Waals surface area contributed by atoms with E-state index in [9.17, 15) is 0 Å². The van der Waals surface area contributed by atoms with E-state index in [2.05, 4.69) is 34.0 Å². The molecule has 2 aromatic rings. The first-order valence-electron chi connectivity index (χ1n) is 4.22. The van der Waals surface area contributed by atoms with Crippen LogP contribution in [0.4, 0.5) is 0 Å². The smallest absolute Gasteiger partial charge is 0.134 e. The van der Waals surface area contributed by atoms with Gasteiger partial charge in [0.15, 0.2) is 0 Å². The highest BCUT2D eigenvalue weighted by atomic mass is 127. The number of benzene rings is 1. The summed E-state index contributed by atoms with van der Waals surface area (Å²) in [5.41, 5.74) is 0. The molecule has 2 rings (SSSR count). The summed E-state index contributed by atoms with van der Waals surface area (Å²) in [6.45, 7) is 2.64. The van der Waals surface area contributed by atoms with Crippen LogP contribution in [0.1, 0.15) is 6.92 Å². The molecule has 0 fully saturated rings. The highest BCUT2D eigenvalue weighted by Crippen LogP contribution is 2.37. The molecule has 0 aliphatic rings. The van der Waals surface area contributed by atoms with Gasteiger partial charge in [-0.3, -0.25) is 0 Å². The normalized spacial score (nSPS) is 10.8. The first-order chi connectivity index (χ1) is 6.74. The molecule has 0 amide bonds. The largest absolute Gasteiger partial charge is 0.493 e. The fourth-order valence-electron chi connectivity index (χ4n) is 1.30. The molecule has 0 bridgehead atoms. The Hall–Kier alpha value is -0.000000000000000111. The Bertz CT molecular complexity index is 466. The van der Waals surface area contributed by atoms with Gasteiger partial charge in [0.25, 0.3) is 0 Å². The molecular formula is C10H8ClIOS. The predicted molar refractivity (Wildman–Crippen MR) is 70.7 cm³/mol. The van der Waals surface area contributed by atoms with E-state index >= 15 is 0 Å². The van der Waals surface area contributed by atoms with Crippen molar-refractivity contribution in [2.75, 3.05) is 6.61 Å². The topological polar surface area (TPSA) is 9.23 Å². The van der Waals surface area contributed by atoms with Crippen LogP contribution in [0.25, 0.3) is 10.1 Å². The Labute approximate surface area is 105 Å². The quantitative estimate of drug-likeness (QED) is 0.730. The monoisotopic (exact) mass is 338 g/mol. The maximum Gasteiger partial charge on any atom is 0.134 e. The van der Waals surface area contributed by atoms with Crippen LogP contribution in [-0.2, 0) is 0 Å². The van der Waals surface area contributed by atoms with Gasteiger partial charge in [0, 0.05) is 11.5 Å². The van der Waals surface area contributed by atoms with E-state index in [1.165, 1.54) is 5.39 Å². The molecule has 0 saturated carbocycles. The van der Waals surface area contributed by atoms with Gasteiger partial charge in [-0.2, -0.15) is 0 Å². The van der Waals surface area contributed by atoms with Crippen LogP contribution in [0.5, 0.6) is 5.75 Å². The average molecular weight is 339 g/mol. The van der Waals surface area contributed by atoms with Crippen LogP contribution in [0.2, 0.25) is 5.02 Å². The van der Waals surface area contributed by atoms with E-state index in [0.29, 0.717) is 6.61 Å². The predicted octanol–water partition coefficient (Wildman–Crippen LogP) is 4.56. The van der Waals surface area contributed by atoms with Crippen molar-refractivity contribution < 1.29 is 4.74 Å². The lowest BCUT2D eigenvalue weighted by molar-refractivity contribution is 0.338. The molecule has 0 radical (unpaired) electrons. The van der Waals surface area contributed by atoms with E-state index in [1.54, 1.807) is 11.3 Å². The Kier molecular flexibility index (Phi) is 3.19. The summed E-state index contributed by atoms with van der Waals surface area (Å²) in [5.74, 6) is 0.879. The van der Waals surface area contributed by atoms with Crippen LogP contribution >= 0.6 is 45.5 Å². The molecule has 0 saturated heterocycles. The van der Waals surface area contributed by atoms with Crippen LogP contribution in [0, 0.1) is 3.57 Å². The van der Waals surface area contributed by atoms with Crippen LogP contribution < -0.4 is 4.74 Å². The maximum atomic E-state index is 6.14. The van der Waals surface area contributed by atoms with Crippen molar-refractivity contribution in [2.45, 2.75) is 6.92 Å². The maximum absolute atomic E-state index is 6.14. The van der Waals surface area contributed by atoms with Gasteiger partial charge < -0.3 is 4.74 Å². The fraction of sp³-hybridized carbons (Fsp3) is 0.200. The summed E-state index contributed by atoms with van der Waals surface area (Å²) >= 11 is 10.1. The van der Waals surface area contributed by atoms with E-state index in [0.717, 1.165) is 19.0 Å². The number of rotatable bonds is 2. The lowest BCUT2D eigenvalue weighted by Gasteiger charge is -2.07. The Morgan fingerprint density at radius 3 is 3.07 bits per heavy atom. The van der Waals surface area contributed by atoms with Crippen LogP contribution in [0.3, 0.4) is 0 Å². The number of ether oxygens (including phenoxy) is 1. The minimum Gasteiger partial charge on any atom is -0.493 e. The third-order valence-electron chi connectivity index (χ3n) is 1.89. The van der Waals surface area contributed by atoms with E-state index in [-0.39, 0.29) is 0 Å². The molecule has 1 aromatic heterocycles. The minimum atomic E-state index is 0.669. The zero-order valence-electron chi connectivity index (χ0n) is 7.51. The molecule has 1 aromatic carbocycles. The summed E-state index contributed by atoms with van der Waals surface area (Å²) in [4.78, 5) is 0. The first kappa shape index (κ1) is 10.5. The van der Waals surface area contributed by atoms with E-state index in [1.807, 2.05) is 13.0 Å². The molecule has 4 heteroatoms. The van der Waals surface area contributed by atoms with Crippen molar-refractivity contribution in [3.8, 4) is 5.75 Å². The molecule has 14 heavy (non-hydrogen) atoms. The summed E-state index contributed by atoms with van der Waals surface area (Å²) in [5, 5.41) is 4.01. The molecule has 0 aliphatic heterocycles. The summed E-state index contributed by atoms with van der Waals surface area (Å²) < 4.78 is 7.79. The lowest BCUT2D eigenvalue weighted by Crippen LogP contribution is -1.93. The molecule has 1 nitrogen and oxygen atoms in total. The standard InChI is InChI=1S/C10H8ClIOS/c1-2-13-8-5-7(11)10-6(9(8)12)3-4-14-10/h3-5H,2H2,1H3. The third-order valence-corrected chi connectivity index (χ3v) is 4.36.